The molecule has 0 saturated heterocycles. The fourth-order valence-electron chi connectivity index (χ4n) is 3.99. The lowest BCUT2D eigenvalue weighted by Gasteiger charge is -2.24. The number of allylic oxidation sites excluding steroid dienone is 1. The quantitative estimate of drug-likeness (QED) is 0.117. The minimum absolute atomic E-state index is 0.00912. The zero-order valence-electron chi connectivity index (χ0n) is 25.0. The molecule has 12 nitrogen and oxygen atoms in total. The second-order valence-electron chi connectivity index (χ2n) is 10.6. The van der Waals surface area contributed by atoms with Crippen molar-refractivity contribution >= 4 is 23.6 Å². The highest BCUT2D eigenvalue weighted by Crippen LogP contribution is 2.11. The van der Waals surface area contributed by atoms with Gasteiger partial charge in [-0.1, -0.05) is 37.2 Å². The summed E-state index contributed by atoms with van der Waals surface area (Å²) in [5.74, 6) is -2.78. The van der Waals surface area contributed by atoms with Crippen molar-refractivity contribution in [2.75, 3.05) is 6.54 Å². The molecule has 0 saturated carbocycles. The molecule has 1 heterocycles. The molecule has 5 N–H and O–H groups in total. The zero-order valence-corrected chi connectivity index (χ0v) is 25.0. The highest BCUT2D eigenvalue weighted by Gasteiger charge is 2.30. The van der Waals surface area contributed by atoms with Crippen LogP contribution in [0.5, 0.6) is 0 Å². The molecular formula is C30H39FN6O6. The van der Waals surface area contributed by atoms with E-state index in [0.29, 0.717) is 18.6 Å². The number of aryl methyl sites for hydroxylation is 2. The number of benzene rings is 1. The Labute approximate surface area is 250 Å². The van der Waals surface area contributed by atoms with Crippen LogP contribution in [0.3, 0.4) is 0 Å². The normalized spacial score (nSPS) is 13.4. The second kappa shape index (κ2) is 16.8. The smallest absolute Gasteiger partial charge is 0.274 e. The minimum Gasteiger partial charge on any atom is -0.391 e. The average Bonchev–Trinajstić information content (AvgIpc) is 3.38. The van der Waals surface area contributed by atoms with Gasteiger partial charge in [-0.25, -0.2) is 4.39 Å². The first-order chi connectivity index (χ1) is 20.3. The van der Waals surface area contributed by atoms with Gasteiger partial charge in [0, 0.05) is 24.7 Å². The van der Waals surface area contributed by atoms with E-state index in [2.05, 4.69) is 26.4 Å². The van der Waals surface area contributed by atoms with Gasteiger partial charge in [-0.05, 0) is 57.6 Å². The molecule has 43 heavy (non-hydrogen) atoms. The number of hydrogen-bond acceptors (Lipinski definition) is 8. The summed E-state index contributed by atoms with van der Waals surface area (Å²) in [4.78, 5) is 51.1. The number of aliphatic hydroxyl groups is 1. The maximum atomic E-state index is 14.3. The number of halogens is 1. The summed E-state index contributed by atoms with van der Waals surface area (Å²) in [5.41, 5.74) is 0.898. The third kappa shape index (κ3) is 11.3. The van der Waals surface area contributed by atoms with Gasteiger partial charge in [0.1, 0.15) is 35.3 Å². The summed E-state index contributed by atoms with van der Waals surface area (Å²) in [6, 6.07) is 5.30. The molecule has 4 amide bonds. The molecule has 1 aromatic carbocycles. The van der Waals surface area contributed by atoms with Gasteiger partial charge in [0.2, 0.25) is 11.8 Å². The van der Waals surface area contributed by atoms with E-state index >= 15 is 0 Å². The maximum absolute atomic E-state index is 14.3. The number of carbonyl (C=O) groups excluding carboxylic acids is 4. The van der Waals surface area contributed by atoms with E-state index in [1.165, 1.54) is 19.1 Å². The average molecular weight is 599 g/mol. The molecule has 0 aliphatic carbocycles. The van der Waals surface area contributed by atoms with Crippen LogP contribution >= 0.6 is 0 Å². The van der Waals surface area contributed by atoms with E-state index < -0.39 is 47.6 Å². The number of aliphatic hydroxyl groups excluding tert-OH is 1. The highest BCUT2D eigenvalue weighted by molar-refractivity contribution is 5.98. The van der Waals surface area contributed by atoms with Crippen molar-refractivity contribution < 1.29 is 33.2 Å². The van der Waals surface area contributed by atoms with Crippen molar-refractivity contribution in [2.24, 2.45) is 5.92 Å². The van der Waals surface area contributed by atoms with Gasteiger partial charge in [-0.15, -0.1) is 0 Å². The molecular weight excluding hydrogens is 559 g/mol. The molecule has 0 aliphatic heterocycles. The van der Waals surface area contributed by atoms with Crippen LogP contribution in [-0.2, 0) is 20.9 Å². The maximum Gasteiger partial charge on any atom is 0.274 e. The van der Waals surface area contributed by atoms with E-state index in [1.54, 1.807) is 32.1 Å². The molecule has 3 atom stereocenters. The molecule has 13 heteroatoms. The van der Waals surface area contributed by atoms with Gasteiger partial charge >= 0.3 is 0 Å². The van der Waals surface area contributed by atoms with E-state index in [-0.39, 0.29) is 42.3 Å². The van der Waals surface area contributed by atoms with Crippen LogP contribution in [0, 0.1) is 36.9 Å². The molecule has 1 aromatic heterocycles. The topological polar surface area (TPSA) is 186 Å². The summed E-state index contributed by atoms with van der Waals surface area (Å²) >= 11 is 0. The van der Waals surface area contributed by atoms with Crippen LogP contribution in [-0.4, -0.2) is 58.6 Å². The monoisotopic (exact) mass is 598 g/mol. The van der Waals surface area contributed by atoms with E-state index in [4.69, 9.17) is 4.52 Å². The number of nitrogens with one attached hydrogen (secondary N) is 4. The van der Waals surface area contributed by atoms with Gasteiger partial charge in [0.25, 0.3) is 11.8 Å². The molecule has 0 spiro atoms. The lowest BCUT2D eigenvalue weighted by Crippen LogP contribution is -2.57. The largest absolute Gasteiger partial charge is 0.391 e. The summed E-state index contributed by atoms with van der Waals surface area (Å²) in [6.45, 7) is 8.41. The molecule has 2 aromatic rings. The zero-order chi connectivity index (χ0) is 32.1. The molecule has 0 bridgehead atoms. The fourth-order valence-corrected chi connectivity index (χ4v) is 3.99. The van der Waals surface area contributed by atoms with Crippen LogP contribution in [0.4, 0.5) is 4.39 Å². The first kappa shape index (κ1) is 34.6. The second-order valence-corrected chi connectivity index (χ2v) is 10.6. The van der Waals surface area contributed by atoms with E-state index in [1.807, 2.05) is 19.9 Å². The number of hydrogen-bond donors (Lipinski definition) is 5. The van der Waals surface area contributed by atoms with E-state index in [0.717, 1.165) is 5.56 Å². The molecule has 0 radical (unpaired) electrons. The van der Waals surface area contributed by atoms with Crippen molar-refractivity contribution in [1.82, 2.24) is 26.4 Å². The summed E-state index contributed by atoms with van der Waals surface area (Å²) in [5, 5.41) is 33.3. The lowest BCUT2D eigenvalue weighted by molar-refractivity contribution is -0.131. The van der Waals surface area contributed by atoms with Gasteiger partial charge in [0.15, 0.2) is 5.69 Å². The molecule has 0 unspecified atom stereocenters. The number of nitriles is 1. The van der Waals surface area contributed by atoms with Crippen molar-refractivity contribution in [1.29, 1.82) is 5.26 Å². The lowest BCUT2D eigenvalue weighted by atomic mass is 10.1. The van der Waals surface area contributed by atoms with Crippen molar-refractivity contribution in [3.63, 3.8) is 0 Å². The van der Waals surface area contributed by atoms with Crippen LogP contribution in [0.1, 0.15) is 67.4 Å². The number of rotatable bonds is 15. The Balaban J connectivity index is 2.08. The Morgan fingerprint density at radius 3 is 2.37 bits per heavy atom. The van der Waals surface area contributed by atoms with E-state index in [9.17, 15) is 33.9 Å². The van der Waals surface area contributed by atoms with Gasteiger partial charge < -0.3 is 30.9 Å². The SMILES string of the molecule is Cc1ccc(CNC(=O)[C@H](CCCCNC(=O)C(C#N)=CC(C)C)NC(=O)[C@@H](NC(=O)c2cc(C)on2)[C@@H](C)O)c(F)c1. The highest BCUT2D eigenvalue weighted by atomic mass is 19.1. The Morgan fingerprint density at radius 1 is 1.07 bits per heavy atom. The molecule has 2 rings (SSSR count). The minimum atomic E-state index is -1.43. The van der Waals surface area contributed by atoms with Gasteiger partial charge in [-0.3, -0.25) is 19.2 Å². The van der Waals surface area contributed by atoms with Crippen molar-refractivity contribution in [3.8, 4) is 6.07 Å². The van der Waals surface area contributed by atoms with Gasteiger partial charge in [0.05, 0.1) is 6.10 Å². The number of nitrogens with zero attached hydrogens (tertiary/aromatic N) is 2. The third-order valence-electron chi connectivity index (χ3n) is 6.28. The Hall–Kier alpha value is -4.57. The standard InChI is InChI=1S/C30H39FN6O6/c1-17(2)12-22(15-32)27(39)33-11-7-6-8-24(28(40)34-16-21-10-9-18(3)13-23(21)31)35-30(42)26(20(5)38)36-29(41)25-14-19(4)43-37-25/h9-10,12-14,17,20,24,26,38H,6-8,11,16H2,1-5H3,(H,33,39)(H,34,40)(H,35,42)(H,36,41)/t20-,24+,26+/m1/s1. The Bertz CT molecular complexity index is 1360. The first-order valence-electron chi connectivity index (χ1n) is 14.0. The Kier molecular flexibility index (Phi) is 13.5. The number of carbonyl (C=O) groups is 4. The summed E-state index contributed by atoms with van der Waals surface area (Å²) in [7, 11) is 0. The number of aromatic nitrogens is 1. The third-order valence-corrected chi connectivity index (χ3v) is 6.28. The molecule has 232 valence electrons. The van der Waals surface area contributed by atoms with Crippen molar-refractivity contribution in [3.05, 3.63) is 64.3 Å². The van der Waals surface area contributed by atoms with Crippen molar-refractivity contribution in [2.45, 2.75) is 78.6 Å². The van der Waals surface area contributed by atoms with Crippen LogP contribution in [0.2, 0.25) is 0 Å². The first-order valence-corrected chi connectivity index (χ1v) is 14.0. The molecule has 0 aliphatic rings. The number of amides is 4. The van der Waals surface area contributed by atoms with Crippen LogP contribution in [0.15, 0.2) is 40.4 Å². The fraction of sp³-hybridized carbons (Fsp3) is 0.467. The van der Waals surface area contributed by atoms with Crippen LogP contribution in [0.25, 0.3) is 0 Å². The van der Waals surface area contributed by atoms with Crippen LogP contribution < -0.4 is 21.3 Å². The summed E-state index contributed by atoms with van der Waals surface area (Å²) < 4.78 is 19.2. The predicted octanol–water partition coefficient (Wildman–Crippen LogP) is 2.10. The Morgan fingerprint density at radius 2 is 1.79 bits per heavy atom. The summed E-state index contributed by atoms with van der Waals surface area (Å²) in [6.07, 6.45) is 1.14. The number of unbranched alkanes of at least 4 members (excludes halogenated alkanes) is 1. The van der Waals surface area contributed by atoms with Gasteiger partial charge in [-0.2, -0.15) is 5.26 Å². The molecule has 0 fully saturated rings. The predicted molar refractivity (Wildman–Crippen MR) is 154 cm³/mol.